The monoisotopic (exact) mass is 194 g/mol. The number of ether oxygens (including phenoxy) is 1. The van der Waals surface area contributed by atoms with E-state index in [1.165, 1.54) is 5.01 Å². The highest BCUT2D eigenvalue weighted by Gasteiger charge is 2.05. The van der Waals surface area contributed by atoms with Gasteiger partial charge in [0.2, 0.25) is 0 Å². The number of rotatable bonds is 2. The highest BCUT2D eigenvalue weighted by molar-refractivity contribution is 5.98. The smallest absolute Gasteiger partial charge is 0.169 e. The topological polar surface area (TPSA) is 76.9 Å². The molecule has 5 heteroatoms. The van der Waals surface area contributed by atoms with Gasteiger partial charge in [0, 0.05) is 12.6 Å². The van der Waals surface area contributed by atoms with Gasteiger partial charge in [0.05, 0.1) is 7.11 Å². The first-order valence-corrected chi connectivity index (χ1v) is 4.09. The summed E-state index contributed by atoms with van der Waals surface area (Å²) in [7, 11) is 3.29. The summed E-state index contributed by atoms with van der Waals surface area (Å²) in [4.78, 5) is 0. The fraction of sp³-hybridized carbons (Fsp3) is 0.222. The van der Waals surface area contributed by atoms with Crippen molar-refractivity contribution < 1.29 is 4.74 Å². The van der Waals surface area contributed by atoms with E-state index in [2.05, 4.69) is 5.10 Å². The molecule has 0 bridgehead atoms. The normalized spacial score (nSPS) is 11.2. The van der Waals surface area contributed by atoms with E-state index in [-0.39, 0.29) is 0 Å². The summed E-state index contributed by atoms with van der Waals surface area (Å²) < 4.78 is 5.03. The molecule has 0 aliphatic heterocycles. The van der Waals surface area contributed by atoms with Crippen molar-refractivity contribution in [3.63, 3.8) is 0 Å². The van der Waals surface area contributed by atoms with Gasteiger partial charge < -0.3 is 10.6 Å². The van der Waals surface area contributed by atoms with E-state index in [1.807, 2.05) is 24.3 Å². The van der Waals surface area contributed by atoms with Crippen LogP contribution in [-0.4, -0.2) is 25.0 Å². The van der Waals surface area contributed by atoms with Gasteiger partial charge >= 0.3 is 0 Å². The fourth-order valence-electron chi connectivity index (χ4n) is 1.11. The summed E-state index contributed by atoms with van der Waals surface area (Å²) >= 11 is 0. The molecule has 0 fully saturated rings. The Morgan fingerprint density at radius 2 is 1.93 bits per heavy atom. The zero-order valence-corrected chi connectivity index (χ0v) is 8.27. The van der Waals surface area contributed by atoms with E-state index in [4.69, 9.17) is 16.4 Å². The quantitative estimate of drug-likeness (QED) is 0.303. The standard InChI is InChI=1S/C9H14N4O/c1-13(11)9(12-10)7-3-5-8(14-2)6-4-7/h3-6H,10-11H2,1-2H3/b12-9-. The lowest BCUT2D eigenvalue weighted by atomic mass is 10.2. The van der Waals surface area contributed by atoms with Crippen LogP contribution in [0.25, 0.3) is 0 Å². The maximum atomic E-state index is 5.54. The third kappa shape index (κ3) is 2.14. The molecule has 0 heterocycles. The molecule has 0 spiro atoms. The molecular formula is C9H14N4O. The Morgan fingerprint density at radius 3 is 2.29 bits per heavy atom. The molecule has 14 heavy (non-hydrogen) atoms. The molecule has 1 rings (SSSR count). The van der Waals surface area contributed by atoms with Crippen molar-refractivity contribution in [3.05, 3.63) is 29.8 Å². The zero-order valence-electron chi connectivity index (χ0n) is 8.27. The molecule has 0 unspecified atom stereocenters. The molecule has 0 amide bonds. The molecule has 0 radical (unpaired) electrons. The lowest BCUT2D eigenvalue weighted by Gasteiger charge is -2.14. The van der Waals surface area contributed by atoms with Gasteiger partial charge in [-0.05, 0) is 24.3 Å². The minimum atomic E-state index is 0.521. The van der Waals surface area contributed by atoms with Crippen molar-refractivity contribution in [2.24, 2.45) is 16.8 Å². The van der Waals surface area contributed by atoms with Crippen LogP contribution in [0.3, 0.4) is 0 Å². The summed E-state index contributed by atoms with van der Waals surface area (Å²) in [5, 5.41) is 4.95. The summed E-state index contributed by atoms with van der Waals surface area (Å²) in [6, 6.07) is 7.33. The lowest BCUT2D eigenvalue weighted by molar-refractivity contribution is 0.414. The van der Waals surface area contributed by atoms with Gasteiger partial charge in [-0.2, -0.15) is 5.10 Å². The van der Waals surface area contributed by atoms with Crippen LogP contribution in [0.5, 0.6) is 5.75 Å². The molecule has 4 N–H and O–H groups in total. The van der Waals surface area contributed by atoms with Gasteiger partial charge in [-0.1, -0.05) is 0 Å². The molecule has 1 aromatic carbocycles. The second kappa shape index (κ2) is 4.48. The summed E-state index contributed by atoms with van der Waals surface area (Å²) in [5.74, 6) is 12.1. The van der Waals surface area contributed by atoms with E-state index in [1.54, 1.807) is 14.2 Å². The Morgan fingerprint density at radius 1 is 1.36 bits per heavy atom. The Labute approximate surface area is 82.9 Å². The number of hydrogen-bond donors (Lipinski definition) is 2. The fourth-order valence-corrected chi connectivity index (χ4v) is 1.11. The number of amidine groups is 1. The van der Waals surface area contributed by atoms with E-state index >= 15 is 0 Å². The van der Waals surface area contributed by atoms with E-state index in [9.17, 15) is 0 Å². The summed E-state index contributed by atoms with van der Waals surface area (Å²) in [6.07, 6.45) is 0. The van der Waals surface area contributed by atoms with Crippen molar-refractivity contribution in [2.75, 3.05) is 14.2 Å². The minimum Gasteiger partial charge on any atom is -0.497 e. The molecule has 5 nitrogen and oxygen atoms in total. The van der Waals surface area contributed by atoms with Crippen molar-refractivity contribution in [2.45, 2.75) is 0 Å². The summed E-state index contributed by atoms with van der Waals surface area (Å²) in [6.45, 7) is 0. The highest BCUT2D eigenvalue weighted by atomic mass is 16.5. The SMILES string of the molecule is COc1ccc(/C(=N/N)N(C)N)cc1. The average molecular weight is 194 g/mol. The maximum Gasteiger partial charge on any atom is 0.169 e. The molecule has 0 aromatic heterocycles. The number of benzene rings is 1. The van der Waals surface area contributed by atoms with Crippen LogP contribution in [0.4, 0.5) is 0 Å². The highest BCUT2D eigenvalue weighted by Crippen LogP contribution is 2.12. The maximum absolute atomic E-state index is 5.54. The van der Waals surface area contributed by atoms with Crippen LogP contribution in [0.1, 0.15) is 5.56 Å². The third-order valence-electron chi connectivity index (χ3n) is 1.80. The third-order valence-corrected chi connectivity index (χ3v) is 1.80. The van der Waals surface area contributed by atoms with Crippen molar-refractivity contribution >= 4 is 5.84 Å². The first-order valence-electron chi connectivity index (χ1n) is 4.09. The second-order valence-corrected chi connectivity index (χ2v) is 2.79. The van der Waals surface area contributed by atoms with Gasteiger partial charge in [0.1, 0.15) is 5.75 Å². The van der Waals surface area contributed by atoms with E-state index < -0.39 is 0 Å². The second-order valence-electron chi connectivity index (χ2n) is 2.79. The summed E-state index contributed by atoms with van der Waals surface area (Å²) in [5.41, 5.74) is 0.846. The Bertz CT molecular complexity index is 318. The minimum absolute atomic E-state index is 0.521. The predicted molar refractivity (Wildman–Crippen MR) is 55.7 cm³/mol. The number of hydrazine groups is 1. The van der Waals surface area contributed by atoms with Crippen LogP contribution in [0.15, 0.2) is 29.4 Å². The van der Waals surface area contributed by atoms with Crippen LogP contribution < -0.4 is 16.4 Å². The first-order chi connectivity index (χ1) is 6.69. The van der Waals surface area contributed by atoms with Crippen molar-refractivity contribution in [3.8, 4) is 5.75 Å². The van der Waals surface area contributed by atoms with Gasteiger partial charge in [0.25, 0.3) is 0 Å². The first kappa shape index (κ1) is 10.3. The predicted octanol–water partition coefficient (Wildman–Crippen LogP) is 0.121. The van der Waals surface area contributed by atoms with Crippen molar-refractivity contribution in [1.82, 2.24) is 5.01 Å². The molecule has 0 saturated heterocycles. The number of hydrogen-bond acceptors (Lipinski definition) is 4. The Hall–Kier alpha value is -1.75. The van der Waals surface area contributed by atoms with Crippen molar-refractivity contribution in [1.29, 1.82) is 0 Å². The molecule has 0 saturated carbocycles. The van der Waals surface area contributed by atoms with Crippen LogP contribution in [0, 0.1) is 0 Å². The largest absolute Gasteiger partial charge is 0.497 e. The number of methoxy groups -OCH3 is 1. The van der Waals surface area contributed by atoms with Crippen LogP contribution >= 0.6 is 0 Å². The zero-order chi connectivity index (χ0) is 10.6. The number of nitrogens with zero attached hydrogens (tertiary/aromatic N) is 2. The van der Waals surface area contributed by atoms with Gasteiger partial charge in [-0.25, -0.2) is 5.84 Å². The average Bonchev–Trinajstić information content (AvgIpc) is 2.19. The van der Waals surface area contributed by atoms with Gasteiger partial charge in [-0.15, -0.1) is 0 Å². The molecule has 76 valence electrons. The molecular weight excluding hydrogens is 180 g/mol. The van der Waals surface area contributed by atoms with Crippen LogP contribution in [-0.2, 0) is 0 Å². The van der Waals surface area contributed by atoms with Gasteiger partial charge in [0.15, 0.2) is 5.84 Å². The Balaban J connectivity index is 2.96. The van der Waals surface area contributed by atoms with E-state index in [0.717, 1.165) is 11.3 Å². The number of nitrogens with two attached hydrogens (primary N) is 2. The molecule has 0 aliphatic carbocycles. The molecule has 0 atom stereocenters. The number of hydrazone groups is 1. The molecule has 1 aromatic rings. The molecule has 0 aliphatic rings. The Kier molecular flexibility index (Phi) is 3.30. The lowest BCUT2D eigenvalue weighted by Crippen LogP contribution is -2.34. The van der Waals surface area contributed by atoms with E-state index in [0.29, 0.717) is 5.84 Å². The van der Waals surface area contributed by atoms with Crippen LogP contribution in [0.2, 0.25) is 0 Å². The van der Waals surface area contributed by atoms with Gasteiger partial charge in [-0.3, -0.25) is 5.01 Å².